The minimum absolute atomic E-state index is 0.362. The Morgan fingerprint density at radius 2 is 2.13 bits per heavy atom. The zero-order chi connectivity index (χ0) is 15.6. The van der Waals surface area contributed by atoms with E-state index in [9.17, 15) is 4.79 Å². The minimum Gasteiger partial charge on any atom is -0.340 e. The normalized spacial score (nSPS) is 35.0. The summed E-state index contributed by atoms with van der Waals surface area (Å²) < 4.78 is 0. The summed E-state index contributed by atoms with van der Waals surface area (Å²) in [6.07, 6.45) is 8.16. The average Bonchev–Trinajstić information content (AvgIpc) is 3.25. The van der Waals surface area contributed by atoms with E-state index in [1.165, 1.54) is 6.42 Å². The van der Waals surface area contributed by atoms with Gasteiger partial charge in [-0.15, -0.1) is 0 Å². The molecule has 124 valence electrons. The largest absolute Gasteiger partial charge is 0.340 e. The Balaban J connectivity index is 1.38. The van der Waals surface area contributed by atoms with Crippen LogP contribution in [-0.2, 0) is 4.79 Å². The fourth-order valence-corrected chi connectivity index (χ4v) is 4.48. The number of carbonyl (C=O) groups is 1. The quantitative estimate of drug-likeness (QED) is 0.890. The maximum Gasteiger partial charge on any atom is 0.222 e. The lowest BCUT2D eigenvalue weighted by Crippen LogP contribution is -2.54. The van der Waals surface area contributed by atoms with Crippen LogP contribution >= 0.6 is 0 Å². The Kier molecular flexibility index (Phi) is 4.31. The number of hydrogen-bond donors (Lipinski definition) is 2. The van der Waals surface area contributed by atoms with Crippen molar-refractivity contribution in [3.63, 3.8) is 0 Å². The van der Waals surface area contributed by atoms with Crippen LogP contribution < -0.4 is 10.6 Å². The third-order valence-corrected chi connectivity index (χ3v) is 5.67. The fraction of sp³-hybridized carbons (Fsp3) is 0.667. The van der Waals surface area contributed by atoms with Crippen LogP contribution in [-0.4, -0.2) is 47.0 Å². The molecule has 5 heteroatoms. The van der Waals surface area contributed by atoms with Gasteiger partial charge in [0.15, 0.2) is 0 Å². The monoisotopic (exact) mass is 314 g/mol. The third kappa shape index (κ3) is 3.12. The minimum atomic E-state index is 0.362. The van der Waals surface area contributed by atoms with Gasteiger partial charge in [0.2, 0.25) is 5.91 Å². The van der Waals surface area contributed by atoms with E-state index in [0.717, 1.165) is 50.9 Å². The maximum absolute atomic E-state index is 12.0. The van der Waals surface area contributed by atoms with Crippen molar-refractivity contribution in [2.75, 3.05) is 13.1 Å². The van der Waals surface area contributed by atoms with Gasteiger partial charge in [-0.3, -0.25) is 9.78 Å². The Hall–Kier alpha value is -1.46. The Labute approximate surface area is 137 Å². The van der Waals surface area contributed by atoms with Crippen molar-refractivity contribution in [2.45, 2.75) is 62.7 Å². The Bertz CT molecular complexity index is 549. The van der Waals surface area contributed by atoms with Gasteiger partial charge in [-0.2, -0.15) is 0 Å². The van der Waals surface area contributed by atoms with Crippen LogP contribution in [0.5, 0.6) is 0 Å². The van der Waals surface area contributed by atoms with Gasteiger partial charge in [0, 0.05) is 43.3 Å². The van der Waals surface area contributed by atoms with Crippen molar-refractivity contribution < 1.29 is 4.79 Å². The van der Waals surface area contributed by atoms with Crippen molar-refractivity contribution in [3.8, 4) is 0 Å². The van der Waals surface area contributed by atoms with Gasteiger partial charge < -0.3 is 15.5 Å². The third-order valence-electron chi connectivity index (χ3n) is 5.67. The molecule has 0 spiro atoms. The molecule has 3 aliphatic rings. The Morgan fingerprint density at radius 3 is 2.91 bits per heavy atom. The molecule has 0 saturated carbocycles. The van der Waals surface area contributed by atoms with Gasteiger partial charge in [-0.25, -0.2) is 0 Å². The number of piperidine rings is 1. The van der Waals surface area contributed by atoms with Crippen LogP contribution in [0, 0.1) is 0 Å². The number of rotatable bonds is 3. The summed E-state index contributed by atoms with van der Waals surface area (Å²) in [6.45, 7) is 1.98. The number of pyridine rings is 1. The van der Waals surface area contributed by atoms with E-state index in [4.69, 9.17) is 0 Å². The first kappa shape index (κ1) is 15.1. The lowest BCUT2D eigenvalue weighted by molar-refractivity contribution is -0.130. The van der Waals surface area contributed by atoms with Crippen LogP contribution in [0.15, 0.2) is 24.4 Å². The van der Waals surface area contributed by atoms with E-state index >= 15 is 0 Å². The van der Waals surface area contributed by atoms with Gasteiger partial charge in [-0.05, 0) is 50.8 Å². The van der Waals surface area contributed by atoms with Crippen LogP contribution in [0.3, 0.4) is 0 Å². The van der Waals surface area contributed by atoms with Crippen LogP contribution in [0.25, 0.3) is 0 Å². The predicted octanol–water partition coefficient (Wildman–Crippen LogP) is 1.62. The first-order valence-electron chi connectivity index (χ1n) is 9.01. The van der Waals surface area contributed by atoms with Gasteiger partial charge >= 0.3 is 0 Å². The highest BCUT2D eigenvalue weighted by Gasteiger charge is 2.37. The number of aromatic nitrogens is 1. The zero-order valence-corrected chi connectivity index (χ0v) is 13.6. The first-order chi connectivity index (χ1) is 11.3. The molecule has 0 radical (unpaired) electrons. The first-order valence-corrected chi connectivity index (χ1v) is 9.01. The second kappa shape index (κ2) is 6.57. The summed E-state index contributed by atoms with van der Waals surface area (Å²) in [4.78, 5) is 18.7. The predicted molar refractivity (Wildman–Crippen MR) is 88.9 cm³/mol. The topological polar surface area (TPSA) is 57.3 Å². The maximum atomic E-state index is 12.0. The van der Waals surface area contributed by atoms with Gasteiger partial charge in [0.25, 0.3) is 0 Å². The molecule has 1 aromatic heterocycles. The molecule has 2 N–H and O–H groups in total. The molecule has 1 amide bonds. The number of hydrogen-bond acceptors (Lipinski definition) is 4. The van der Waals surface area contributed by atoms with Gasteiger partial charge in [0.1, 0.15) is 0 Å². The van der Waals surface area contributed by atoms with Crippen molar-refractivity contribution in [2.24, 2.45) is 0 Å². The van der Waals surface area contributed by atoms with Crippen LogP contribution in [0.1, 0.15) is 50.3 Å². The van der Waals surface area contributed by atoms with E-state index < -0.39 is 0 Å². The molecule has 3 saturated heterocycles. The highest BCUT2D eigenvalue weighted by Crippen LogP contribution is 2.30. The number of nitrogens with one attached hydrogen (secondary N) is 2. The van der Waals surface area contributed by atoms with E-state index in [2.05, 4.69) is 32.7 Å². The van der Waals surface area contributed by atoms with Gasteiger partial charge in [0.05, 0.1) is 5.69 Å². The number of likely N-dealkylation sites (tertiary alicyclic amines) is 1. The molecule has 4 heterocycles. The van der Waals surface area contributed by atoms with Crippen molar-refractivity contribution in [1.82, 2.24) is 20.5 Å². The molecule has 0 aliphatic carbocycles. The van der Waals surface area contributed by atoms with Crippen molar-refractivity contribution >= 4 is 5.91 Å². The summed E-state index contributed by atoms with van der Waals surface area (Å²) in [5, 5.41) is 7.45. The second-order valence-electron chi connectivity index (χ2n) is 7.09. The second-order valence-corrected chi connectivity index (χ2v) is 7.09. The van der Waals surface area contributed by atoms with E-state index in [0.29, 0.717) is 30.1 Å². The molecular weight excluding hydrogens is 288 g/mol. The van der Waals surface area contributed by atoms with Crippen molar-refractivity contribution in [3.05, 3.63) is 30.1 Å². The smallest absolute Gasteiger partial charge is 0.222 e. The van der Waals surface area contributed by atoms with Crippen LogP contribution in [0.2, 0.25) is 0 Å². The zero-order valence-electron chi connectivity index (χ0n) is 13.6. The molecule has 4 atom stereocenters. The number of nitrogens with zero attached hydrogens (tertiary/aromatic N) is 2. The Morgan fingerprint density at radius 1 is 1.17 bits per heavy atom. The molecule has 0 aromatic carbocycles. The lowest BCUT2D eigenvalue weighted by atomic mass is 9.92. The number of amides is 1. The molecule has 4 rings (SSSR count). The summed E-state index contributed by atoms with van der Waals surface area (Å²) in [7, 11) is 0. The van der Waals surface area contributed by atoms with Gasteiger partial charge in [-0.1, -0.05) is 6.07 Å². The van der Waals surface area contributed by atoms with E-state index in [-0.39, 0.29) is 0 Å². The summed E-state index contributed by atoms with van der Waals surface area (Å²) >= 11 is 0. The summed E-state index contributed by atoms with van der Waals surface area (Å²) in [5.74, 6) is 0.362. The highest BCUT2D eigenvalue weighted by atomic mass is 16.2. The summed E-state index contributed by atoms with van der Waals surface area (Å²) in [6, 6.07) is 7.91. The van der Waals surface area contributed by atoms with Crippen molar-refractivity contribution in [1.29, 1.82) is 0 Å². The average molecular weight is 314 g/mol. The van der Waals surface area contributed by atoms with E-state index in [1.807, 2.05) is 12.3 Å². The lowest BCUT2D eigenvalue weighted by Gasteiger charge is -2.38. The van der Waals surface area contributed by atoms with Crippen LogP contribution in [0.4, 0.5) is 0 Å². The molecule has 3 aliphatic heterocycles. The van der Waals surface area contributed by atoms with E-state index in [1.54, 1.807) is 0 Å². The molecule has 23 heavy (non-hydrogen) atoms. The molecule has 1 aromatic rings. The summed E-state index contributed by atoms with van der Waals surface area (Å²) in [5.41, 5.74) is 1.15. The molecular formula is C18H26N4O. The standard InChI is InChI=1S/C18H26N4O/c23-18-5-3-11-22(18)13-8-10-20-17(12-13)16-7-6-15(21-16)14-4-1-2-9-19-14/h1-2,4,9,13,15-17,20-21H,3,5-8,10-12H2. The highest BCUT2D eigenvalue weighted by molar-refractivity contribution is 5.78. The molecule has 3 fully saturated rings. The molecule has 0 bridgehead atoms. The molecule has 4 unspecified atom stereocenters. The molecule has 5 nitrogen and oxygen atoms in total. The fourth-order valence-electron chi connectivity index (χ4n) is 4.48. The number of carbonyl (C=O) groups excluding carboxylic acids is 1. The SMILES string of the molecule is O=C1CCCN1C1CCNC(C2CCC(c3ccccn3)N2)C1.